The molecule has 0 amide bonds. The highest BCUT2D eigenvalue weighted by molar-refractivity contribution is 5.17. The molecule has 1 aromatic rings. The van der Waals surface area contributed by atoms with Crippen LogP contribution in [0.3, 0.4) is 0 Å². The predicted octanol–water partition coefficient (Wildman–Crippen LogP) is 3.23. The summed E-state index contributed by atoms with van der Waals surface area (Å²) in [6, 6.07) is 2.04. The van der Waals surface area contributed by atoms with Gasteiger partial charge in [0.1, 0.15) is 11.5 Å². The summed E-state index contributed by atoms with van der Waals surface area (Å²) in [6.45, 7) is 9.98. The minimum absolute atomic E-state index is 1.00. The van der Waals surface area contributed by atoms with Crippen LogP contribution in [0.4, 0.5) is 0 Å². The average Bonchev–Trinajstić information content (AvgIpc) is 2.16. The van der Waals surface area contributed by atoms with Crippen molar-refractivity contribution in [2.24, 2.45) is 0 Å². The molecule has 0 unspecified atom stereocenters. The van der Waals surface area contributed by atoms with Crippen LogP contribution in [0.25, 0.3) is 0 Å². The van der Waals surface area contributed by atoms with Crippen LogP contribution in [0.1, 0.15) is 30.9 Å². The smallest absolute Gasteiger partial charge is 0.103 e. The zero-order chi connectivity index (χ0) is 8.15. The molecule has 0 atom stereocenters. The third kappa shape index (κ3) is 2.26. The van der Waals surface area contributed by atoms with E-state index in [1.165, 1.54) is 5.56 Å². The van der Waals surface area contributed by atoms with Crippen molar-refractivity contribution in [1.82, 2.24) is 0 Å². The molecule has 0 aliphatic rings. The first-order valence-electron chi connectivity index (χ1n) is 3.74. The highest BCUT2D eigenvalue weighted by atomic mass is 16.3. The molecule has 0 aromatic carbocycles. The fourth-order valence-corrected chi connectivity index (χ4v) is 0.758. The first-order valence-corrected chi connectivity index (χ1v) is 3.74. The van der Waals surface area contributed by atoms with Crippen LogP contribution in [0.15, 0.2) is 10.5 Å². The molecule has 58 valence electrons. The number of hydrogen-bond acceptors (Lipinski definition) is 1. The molecule has 1 nitrogen and oxygen atoms in total. The van der Waals surface area contributed by atoms with Crippen LogP contribution < -0.4 is 0 Å². The van der Waals surface area contributed by atoms with Crippen molar-refractivity contribution in [3.63, 3.8) is 0 Å². The maximum absolute atomic E-state index is 5.21. The third-order valence-corrected chi connectivity index (χ3v) is 1.29. The Hall–Kier alpha value is -0.720. The highest BCUT2D eigenvalue weighted by Gasteiger charge is 1.95. The van der Waals surface area contributed by atoms with Gasteiger partial charge in [0, 0.05) is 0 Å². The summed E-state index contributed by atoms with van der Waals surface area (Å²) in [5, 5.41) is 0. The predicted molar refractivity (Wildman–Crippen MR) is 44.3 cm³/mol. The Balaban J connectivity index is 0.000000371. The van der Waals surface area contributed by atoms with Crippen LogP contribution in [-0.4, -0.2) is 0 Å². The average molecular weight is 140 g/mol. The van der Waals surface area contributed by atoms with E-state index in [4.69, 9.17) is 4.42 Å². The fraction of sp³-hybridized carbons (Fsp3) is 0.556. The summed E-state index contributed by atoms with van der Waals surface area (Å²) in [6.07, 6.45) is 0. The topological polar surface area (TPSA) is 13.1 Å². The lowest BCUT2D eigenvalue weighted by Gasteiger charge is -1.80. The molecule has 0 saturated heterocycles. The van der Waals surface area contributed by atoms with Crippen molar-refractivity contribution in [1.29, 1.82) is 0 Å². The van der Waals surface area contributed by atoms with Crippen molar-refractivity contribution in [3.05, 3.63) is 23.2 Å². The maximum atomic E-state index is 5.21. The molecule has 0 aliphatic heterocycles. The number of aryl methyl sites for hydroxylation is 3. The molecule has 0 fully saturated rings. The minimum atomic E-state index is 1.00. The first-order chi connectivity index (χ1) is 4.70. The van der Waals surface area contributed by atoms with Crippen LogP contribution >= 0.6 is 0 Å². The lowest BCUT2D eigenvalue weighted by molar-refractivity contribution is 0.502. The third-order valence-electron chi connectivity index (χ3n) is 1.29. The van der Waals surface area contributed by atoms with Gasteiger partial charge in [0.2, 0.25) is 0 Å². The molecule has 1 heterocycles. The molecule has 0 N–H and O–H groups in total. The van der Waals surface area contributed by atoms with Crippen molar-refractivity contribution >= 4 is 0 Å². The van der Waals surface area contributed by atoms with Gasteiger partial charge in [-0.15, -0.1) is 0 Å². The Labute approximate surface area is 63.1 Å². The summed E-state index contributed by atoms with van der Waals surface area (Å²) in [7, 11) is 0. The van der Waals surface area contributed by atoms with Gasteiger partial charge >= 0.3 is 0 Å². The first kappa shape index (κ1) is 9.28. The summed E-state index contributed by atoms with van der Waals surface area (Å²) >= 11 is 0. The van der Waals surface area contributed by atoms with Crippen molar-refractivity contribution in [2.45, 2.75) is 34.6 Å². The zero-order valence-corrected chi connectivity index (χ0v) is 7.49. The van der Waals surface area contributed by atoms with Crippen molar-refractivity contribution in [3.8, 4) is 0 Å². The van der Waals surface area contributed by atoms with Gasteiger partial charge in [-0.1, -0.05) is 13.8 Å². The van der Waals surface area contributed by atoms with E-state index < -0.39 is 0 Å². The Morgan fingerprint density at radius 2 is 1.60 bits per heavy atom. The second-order valence-electron chi connectivity index (χ2n) is 2.10. The normalized spacial score (nSPS) is 8.50. The van der Waals surface area contributed by atoms with Crippen molar-refractivity contribution < 1.29 is 4.42 Å². The largest absolute Gasteiger partial charge is 0.466 e. The van der Waals surface area contributed by atoms with Gasteiger partial charge in [0.15, 0.2) is 0 Å². The molecule has 0 spiro atoms. The Morgan fingerprint density at radius 3 is 1.70 bits per heavy atom. The Kier molecular flexibility index (Phi) is 3.85. The monoisotopic (exact) mass is 140 g/mol. The lowest BCUT2D eigenvalue weighted by atomic mass is 10.3. The van der Waals surface area contributed by atoms with Gasteiger partial charge in [-0.05, 0) is 32.4 Å². The van der Waals surface area contributed by atoms with Crippen LogP contribution in [0.5, 0.6) is 0 Å². The molecule has 0 bridgehead atoms. The van der Waals surface area contributed by atoms with E-state index in [1.807, 2.05) is 40.7 Å². The molecule has 0 aliphatic carbocycles. The van der Waals surface area contributed by atoms with E-state index in [1.54, 1.807) is 0 Å². The van der Waals surface area contributed by atoms with Gasteiger partial charge < -0.3 is 4.42 Å². The molecule has 0 radical (unpaired) electrons. The van der Waals surface area contributed by atoms with Gasteiger partial charge in [-0.3, -0.25) is 0 Å². The Bertz CT molecular complexity index is 167. The second kappa shape index (κ2) is 4.15. The summed E-state index contributed by atoms with van der Waals surface area (Å²) in [5.41, 5.74) is 1.24. The quantitative estimate of drug-likeness (QED) is 0.539. The standard InChI is InChI=1S/C7H10O.C2H6/c1-5-4-6(2)8-7(5)3;1-2/h4H,1-3H3;1-2H3. The molecular formula is C9H16O. The van der Waals surface area contributed by atoms with E-state index in [2.05, 4.69) is 0 Å². The van der Waals surface area contributed by atoms with E-state index in [0.29, 0.717) is 0 Å². The molecule has 1 heteroatoms. The Morgan fingerprint density at radius 1 is 1.10 bits per heavy atom. The zero-order valence-electron chi connectivity index (χ0n) is 7.49. The number of furan rings is 1. The van der Waals surface area contributed by atoms with E-state index in [0.717, 1.165) is 11.5 Å². The van der Waals surface area contributed by atoms with Gasteiger partial charge in [0.05, 0.1) is 0 Å². The van der Waals surface area contributed by atoms with Gasteiger partial charge in [-0.25, -0.2) is 0 Å². The van der Waals surface area contributed by atoms with E-state index in [-0.39, 0.29) is 0 Å². The van der Waals surface area contributed by atoms with Crippen LogP contribution in [-0.2, 0) is 0 Å². The van der Waals surface area contributed by atoms with Crippen molar-refractivity contribution in [2.75, 3.05) is 0 Å². The number of rotatable bonds is 0. The summed E-state index contributed by atoms with van der Waals surface area (Å²) in [5.74, 6) is 2.03. The number of hydrogen-bond donors (Lipinski definition) is 0. The molecule has 10 heavy (non-hydrogen) atoms. The van der Waals surface area contributed by atoms with Gasteiger partial charge in [-0.2, -0.15) is 0 Å². The fourth-order valence-electron chi connectivity index (χ4n) is 0.758. The minimum Gasteiger partial charge on any atom is -0.466 e. The highest BCUT2D eigenvalue weighted by Crippen LogP contribution is 2.10. The van der Waals surface area contributed by atoms with Crippen LogP contribution in [0, 0.1) is 20.8 Å². The SMILES string of the molecule is CC.Cc1cc(C)c(C)o1. The molecule has 1 rings (SSSR count). The molecular weight excluding hydrogens is 124 g/mol. The second-order valence-corrected chi connectivity index (χ2v) is 2.10. The lowest BCUT2D eigenvalue weighted by Crippen LogP contribution is -1.63. The summed E-state index contributed by atoms with van der Waals surface area (Å²) in [4.78, 5) is 0. The summed E-state index contributed by atoms with van der Waals surface area (Å²) < 4.78 is 5.21. The molecule has 1 aromatic heterocycles. The maximum Gasteiger partial charge on any atom is 0.103 e. The van der Waals surface area contributed by atoms with E-state index >= 15 is 0 Å². The van der Waals surface area contributed by atoms with Gasteiger partial charge in [0.25, 0.3) is 0 Å². The van der Waals surface area contributed by atoms with E-state index in [9.17, 15) is 0 Å². The molecule has 0 saturated carbocycles. The van der Waals surface area contributed by atoms with Crippen LogP contribution in [0.2, 0.25) is 0 Å².